The molecule has 2 nitrogen and oxygen atoms in total. The molecule has 1 aromatic rings. The number of rotatable bonds is 7. The first-order valence-corrected chi connectivity index (χ1v) is 8.21. The van der Waals surface area contributed by atoms with Crippen LogP contribution in [0.3, 0.4) is 0 Å². The van der Waals surface area contributed by atoms with Crippen LogP contribution in [0.15, 0.2) is 18.2 Å². The Kier molecular flexibility index (Phi) is 6.73. The number of hydrogen-bond acceptors (Lipinski definition) is 2. The quantitative estimate of drug-likeness (QED) is 0.770. The fraction of sp³-hybridized carbons (Fsp3) is 0.684. The molecular formula is C19H33NO. The second-order valence-electron chi connectivity index (χ2n) is 7.06. The predicted molar refractivity (Wildman–Crippen MR) is 92.3 cm³/mol. The van der Waals surface area contributed by atoms with Crippen LogP contribution in [0.1, 0.15) is 64.5 Å². The second-order valence-corrected chi connectivity index (χ2v) is 7.06. The third kappa shape index (κ3) is 5.35. The standard InChI is InChI=1S/C19H33NO/c1-8-15(9-2)17(13-20-19(4,5)6)16-12-14(3)10-11-18(16)21-7/h10-12,15,17,20H,8-9,13H2,1-7H3. The molecule has 0 spiro atoms. The van der Waals surface area contributed by atoms with Crippen LogP contribution in [0.25, 0.3) is 0 Å². The van der Waals surface area contributed by atoms with Gasteiger partial charge in [0, 0.05) is 18.0 Å². The van der Waals surface area contributed by atoms with Gasteiger partial charge in [0.25, 0.3) is 0 Å². The molecule has 0 fully saturated rings. The number of ether oxygens (including phenoxy) is 1. The summed E-state index contributed by atoms with van der Waals surface area (Å²) in [6.07, 6.45) is 2.40. The Morgan fingerprint density at radius 1 is 1.14 bits per heavy atom. The van der Waals surface area contributed by atoms with Gasteiger partial charge >= 0.3 is 0 Å². The zero-order valence-electron chi connectivity index (χ0n) is 14.9. The lowest BCUT2D eigenvalue weighted by atomic mass is 9.81. The van der Waals surface area contributed by atoms with Gasteiger partial charge in [0.1, 0.15) is 5.75 Å². The molecule has 21 heavy (non-hydrogen) atoms. The first-order valence-electron chi connectivity index (χ1n) is 8.21. The largest absolute Gasteiger partial charge is 0.496 e. The van der Waals surface area contributed by atoms with E-state index in [-0.39, 0.29) is 5.54 Å². The normalized spacial score (nSPS) is 13.5. The molecule has 0 amide bonds. The molecule has 1 N–H and O–H groups in total. The molecule has 0 aliphatic carbocycles. The summed E-state index contributed by atoms with van der Waals surface area (Å²) in [5.74, 6) is 2.19. The fourth-order valence-corrected chi connectivity index (χ4v) is 2.95. The Morgan fingerprint density at radius 2 is 1.76 bits per heavy atom. The van der Waals surface area contributed by atoms with E-state index in [0.717, 1.165) is 12.3 Å². The van der Waals surface area contributed by atoms with Crippen molar-refractivity contribution in [3.8, 4) is 5.75 Å². The minimum atomic E-state index is 0.140. The predicted octanol–water partition coefficient (Wildman–Crippen LogP) is 4.91. The van der Waals surface area contributed by atoms with Crippen molar-refractivity contribution in [1.29, 1.82) is 0 Å². The average molecular weight is 291 g/mol. The van der Waals surface area contributed by atoms with Crippen LogP contribution in [0.2, 0.25) is 0 Å². The molecule has 0 bridgehead atoms. The molecule has 1 atom stereocenters. The third-order valence-corrected chi connectivity index (χ3v) is 4.25. The number of benzene rings is 1. The van der Waals surface area contributed by atoms with Crippen LogP contribution in [-0.2, 0) is 0 Å². The Hall–Kier alpha value is -1.02. The van der Waals surface area contributed by atoms with Crippen LogP contribution in [0.5, 0.6) is 5.75 Å². The first kappa shape index (κ1) is 18.0. The van der Waals surface area contributed by atoms with Crippen molar-refractivity contribution in [2.75, 3.05) is 13.7 Å². The summed E-state index contributed by atoms with van der Waals surface area (Å²) in [6, 6.07) is 6.53. The van der Waals surface area contributed by atoms with Crippen molar-refractivity contribution in [1.82, 2.24) is 5.32 Å². The molecule has 0 aromatic heterocycles. The van der Waals surface area contributed by atoms with Gasteiger partial charge in [-0.2, -0.15) is 0 Å². The van der Waals surface area contributed by atoms with Gasteiger partial charge in [-0.1, -0.05) is 44.4 Å². The number of methoxy groups -OCH3 is 1. The van der Waals surface area contributed by atoms with Gasteiger partial charge in [0.2, 0.25) is 0 Å². The maximum atomic E-state index is 5.62. The topological polar surface area (TPSA) is 21.3 Å². The fourth-order valence-electron chi connectivity index (χ4n) is 2.95. The summed E-state index contributed by atoms with van der Waals surface area (Å²) >= 11 is 0. The summed E-state index contributed by atoms with van der Waals surface area (Å²) in [5.41, 5.74) is 2.79. The smallest absolute Gasteiger partial charge is 0.122 e. The van der Waals surface area contributed by atoms with Gasteiger partial charge in [-0.3, -0.25) is 0 Å². The average Bonchev–Trinajstić information content (AvgIpc) is 2.42. The van der Waals surface area contributed by atoms with Gasteiger partial charge in [-0.15, -0.1) is 0 Å². The molecule has 0 saturated carbocycles. The van der Waals surface area contributed by atoms with Crippen molar-refractivity contribution in [2.45, 2.75) is 65.8 Å². The summed E-state index contributed by atoms with van der Waals surface area (Å²) in [5, 5.41) is 3.68. The van der Waals surface area contributed by atoms with Crippen molar-refractivity contribution >= 4 is 0 Å². The van der Waals surface area contributed by atoms with E-state index in [2.05, 4.69) is 65.1 Å². The van der Waals surface area contributed by atoms with Crippen LogP contribution < -0.4 is 10.1 Å². The van der Waals surface area contributed by atoms with Crippen LogP contribution >= 0.6 is 0 Å². The lowest BCUT2D eigenvalue weighted by molar-refractivity contribution is 0.324. The second kappa shape index (κ2) is 7.84. The summed E-state index contributed by atoms with van der Waals surface area (Å²) in [4.78, 5) is 0. The van der Waals surface area contributed by atoms with Crippen molar-refractivity contribution in [3.63, 3.8) is 0 Å². The highest BCUT2D eigenvalue weighted by atomic mass is 16.5. The molecular weight excluding hydrogens is 258 g/mol. The molecule has 0 aliphatic rings. The van der Waals surface area contributed by atoms with Gasteiger partial charge in [0.05, 0.1) is 7.11 Å². The highest BCUT2D eigenvalue weighted by molar-refractivity contribution is 5.40. The van der Waals surface area contributed by atoms with E-state index in [1.807, 2.05) is 0 Å². The van der Waals surface area contributed by atoms with E-state index in [1.54, 1.807) is 7.11 Å². The SMILES string of the molecule is CCC(CC)C(CNC(C)(C)C)c1cc(C)ccc1OC. The van der Waals surface area contributed by atoms with E-state index in [4.69, 9.17) is 4.74 Å². The number of hydrogen-bond donors (Lipinski definition) is 1. The van der Waals surface area contributed by atoms with E-state index >= 15 is 0 Å². The van der Waals surface area contributed by atoms with Crippen molar-refractivity contribution in [3.05, 3.63) is 29.3 Å². The highest BCUT2D eigenvalue weighted by Crippen LogP contribution is 2.35. The molecule has 0 heterocycles. The Labute approximate surface area is 131 Å². The third-order valence-electron chi connectivity index (χ3n) is 4.25. The summed E-state index contributed by atoms with van der Waals surface area (Å²) < 4.78 is 5.62. The molecule has 0 saturated heterocycles. The molecule has 0 radical (unpaired) electrons. The van der Waals surface area contributed by atoms with Gasteiger partial charge in [-0.05, 0) is 45.2 Å². The number of aryl methyl sites for hydroxylation is 1. The molecule has 0 aliphatic heterocycles. The highest BCUT2D eigenvalue weighted by Gasteiger charge is 2.25. The van der Waals surface area contributed by atoms with Gasteiger partial charge < -0.3 is 10.1 Å². The monoisotopic (exact) mass is 291 g/mol. The first-order chi connectivity index (χ1) is 9.82. The van der Waals surface area contributed by atoms with Crippen LogP contribution in [0.4, 0.5) is 0 Å². The van der Waals surface area contributed by atoms with Crippen LogP contribution in [-0.4, -0.2) is 19.2 Å². The minimum Gasteiger partial charge on any atom is -0.496 e. The lowest BCUT2D eigenvalue weighted by Gasteiger charge is -2.31. The molecule has 1 aromatic carbocycles. The maximum Gasteiger partial charge on any atom is 0.122 e. The lowest BCUT2D eigenvalue weighted by Crippen LogP contribution is -2.40. The Bertz CT molecular complexity index is 430. The zero-order valence-corrected chi connectivity index (χ0v) is 14.9. The molecule has 120 valence electrons. The van der Waals surface area contributed by atoms with E-state index in [9.17, 15) is 0 Å². The summed E-state index contributed by atoms with van der Waals surface area (Å²) in [7, 11) is 1.77. The van der Waals surface area contributed by atoms with Crippen molar-refractivity contribution in [2.24, 2.45) is 5.92 Å². The van der Waals surface area contributed by atoms with E-state index in [1.165, 1.54) is 24.0 Å². The van der Waals surface area contributed by atoms with Crippen LogP contribution in [0, 0.1) is 12.8 Å². The Balaban J connectivity index is 3.13. The minimum absolute atomic E-state index is 0.140. The maximum absolute atomic E-state index is 5.62. The summed E-state index contributed by atoms with van der Waals surface area (Å²) in [6.45, 7) is 14.4. The van der Waals surface area contributed by atoms with Gasteiger partial charge in [-0.25, -0.2) is 0 Å². The molecule has 1 rings (SSSR count). The molecule has 2 heteroatoms. The van der Waals surface area contributed by atoms with E-state index in [0.29, 0.717) is 11.8 Å². The zero-order chi connectivity index (χ0) is 16.0. The number of nitrogens with one attached hydrogen (secondary N) is 1. The Morgan fingerprint density at radius 3 is 2.24 bits per heavy atom. The molecule has 1 unspecified atom stereocenters. The van der Waals surface area contributed by atoms with Gasteiger partial charge in [0.15, 0.2) is 0 Å². The van der Waals surface area contributed by atoms with Crippen molar-refractivity contribution < 1.29 is 4.74 Å². The van der Waals surface area contributed by atoms with E-state index < -0.39 is 0 Å².